The highest BCUT2D eigenvalue weighted by Crippen LogP contribution is 2.28. The van der Waals surface area contributed by atoms with Gasteiger partial charge in [0.2, 0.25) is 0 Å². The molecule has 6 heteroatoms. The molecule has 5 nitrogen and oxygen atoms in total. The van der Waals surface area contributed by atoms with Gasteiger partial charge in [-0.25, -0.2) is 4.79 Å². The molecule has 1 saturated heterocycles. The Morgan fingerprint density at radius 1 is 1.32 bits per heavy atom. The summed E-state index contributed by atoms with van der Waals surface area (Å²) >= 11 is 1.55. The molecule has 2 heterocycles. The van der Waals surface area contributed by atoms with E-state index in [1.54, 1.807) is 16.2 Å². The molecule has 0 radical (unpaired) electrons. The molecule has 2 N–H and O–H groups in total. The Hall–Kier alpha value is -1.40. The number of carbonyl (C=O) groups excluding carboxylic acids is 1. The van der Waals surface area contributed by atoms with Crippen molar-refractivity contribution in [2.75, 3.05) is 13.1 Å². The molecular formula is C16H23NO4S. The van der Waals surface area contributed by atoms with Crippen LogP contribution in [0.15, 0.2) is 6.07 Å². The maximum absolute atomic E-state index is 12.6. The molecule has 0 aromatic carbocycles. The number of piperidine rings is 1. The SMILES string of the molecule is CCCc1sc(C(=O)N2CCC(O)(C(=O)O)CC2)cc1CC. The first-order chi connectivity index (χ1) is 10.4. The largest absolute Gasteiger partial charge is 0.479 e. The summed E-state index contributed by atoms with van der Waals surface area (Å²) in [5, 5.41) is 19.0. The van der Waals surface area contributed by atoms with Crippen LogP contribution in [-0.4, -0.2) is 45.7 Å². The van der Waals surface area contributed by atoms with Gasteiger partial charge in [-0.3, -0.25) is 4.79 Å². The van der Waals surface area contributed by atoms with Crippen LogP contribution in [0.4, 0.5) is 0 Å². The summed E-state index contributed by atoms with van der Waals surface area (Å²) in [6, 6.07) is 1.97. The predicted molar refractivity (Wildman–Crippen MR) is 85.4 cm³/mol. The lowest BCUT2D eigenvalue weighted by molar-refractivity contribution is -0.162. The number of aryl methyl sites for hydroxylation is 2. The number of hydrogen-bond acceptors (Lipinski definition) is 4. The molecule has 1 aromatic rings. The summed E-state index contributed by atoms with van der Waals surface area (Å²) in [5.74, 6) is -1.25. The monoisotopic (exact) mass is 325 g/mol. The first kappa shape index (κ1) is 17.0. The van der Waals surface area contributed by atoms with Crippen LogP contribution in [0.3, 0.4) is 0 Å². The number of amides is 1. The molecule has 22 heavy (non-hydrogen) atoms. The van der Waals surface area contributed by atoms with E-state index < -0.39 is 11.6 Å². The van der Waals surface area contributed by atoms with Crippen molar-refractivity contribution in [1.82, 2.24) is 4.90 Å². The molecule has 122 valence electrons. The van der Waals surface area contributed by atoms with Crippen LogP contribution in [0.25, 0.3) is 0 Å². The van der Waals surface area contributed by atoms with E-state index in [2.05, 4.69) is 13.8 Å². The number of rotatable bonds is 5. The predicted octanol–water partition coefficient (Wildman–Crippen LogP) is 2.31. The normalized spacial score (nSPS) is 17.5. The number of carboxylic acids is 1. The van der Waals surface area contributed by atoms with Gasteiger partial charge >= 0.3 is 5.97 Å². The van der Waals surface area contributed by atoms with Gasteiger partial charge in [-0.05, 0) is 24.5 Å². The minimum atomic E-state index is -1.69. The van der Waals surface area contributed by atoms with Crippen molar-refractivity contribution in [1.29, 1.82) is 0 Å². The van der Waals surface area contributed by atoms with Gasteiger partial charge in [-0.15, -0.1) is 11.3 Å². The number of likely N-dealkylation sites (tertiary alicyclic amines) is 1. The molecule has 1 fully saturated rings. The van der Waals surface area contributed by atoms with Crippen molar-refractivity contribution < 1.29 is 19.8 Å². The lowest BCUT2D eigenvalue weighted by atomic mass is 9.91. The highest BCUT2D eigenvalue weighted by atomic mass is 32.1. The van der Waals surface area contributed by atoms with Gasteiger partial charge in [0, 0.05) is 30.8 Å². The van der Waals surface area contributed by atoms with E-state index in [4.69, 9.17) is 5.11 Å². The van der Waals surface area contributed by atoms with Gasteiger partial charge in [0.1, 0.15) is 0 Å². The Morgan fingerprint density at radius 2 is 1.95 bits per heavy atom. The van der Waals surface area contributed by atoms with Gasteiger partial charge in [0.05, 0.1) is 4.88 Å². The quantitative estimate of drug-likeness (QED) is 0.871. The number of hydrogen-bond donors (Lipinski definition) is 2. The zero-order chi connectivity index (χ0) is 16.3. The van der Waals surface area contributed by atoms with Crippen LogP contribution in [0.2, 0.25) is 0 Å². The summed E-state index contributed by atoms with van der Waals surface area (Å²) < 4.78 is 0. The fraction of sp³-hybridized carbons (Fsp3) is 0.625. The van der Waals surface area contributed by atoms with Crippen LogP contribution in [0.1, 0.15) is 53.2 Å². The lowest BCUT2D eigenvalue weighted by Gasteiger charge is -2.35. The van der Waals surface area contributed by atoms with Gasteiger partial charge in [-0.1, -0.05) is 20.3 Å². The molecule has 1 aromatic heterocycles. The minimum Gasteiger partial charge on any atom is -0.479 e. The van der Waals surface area contributed by atoms with Crippen LogP contribution in [0.5, 0.6) is 0 Å². The molecule has 0 spiro atoms. The average molecular weight is 325 g/mol. The van der Waals surface area contributed by atoms with Crippen LogP contribution in [-0.2, 0) is 17.6 Å². The van der Waals surface area contributed by atoms with Gasteiger partial charge in [-0.2, -0.15) is 0 Å². The van der Waals surface area contributed by atoms with Gasteiger partial charge in [0.25, 0.3) is 5.91 Å². The number of nitrogens with zero attached hydrogens (tertiary/aromatic N) is 1. The van der Waals surface area contributed by atoms with Gasteiger partial charge in [0.15, 0.2) is 5.60 Å². The highest BCUT2D eigenvalue weighted by Gasteiger charge is 2.40. The Labute approximate surface area is 134 Å². The number of aliphatic carboxylic acids is 1. The smallest absolute Gasteiger partial charge is 0.335 e. The summed E-state index contributed by atoms with van der Waals surface area (Å²) in [6.45, 7) is 4.77. The third-order valence-corrected chi connectivity index (χ3v) is 5.47. The Balaban J connectivity index is 2.08. The molecular weight excluding hydrogens is 302 g/mol. The number of aliphatic hydroxyl groups is 1. The van der Waals surface area contributed by atoms with E-state index in [0.29, 0.717) is 0 Å². The van der Waals surface area contributed by atoms with Crippen molar-refractivity contribution >= 4 is 23.2 Å². The summed E-state index contributed by atoms with van der Waals surface area (Å²) in [4.78, 5) is 27.2. The first-order valence-corrected chi connectivity index (χ1v) is 8.59. The summed E-state index contributed by atoms with van der Waals surface area (Å²) in [7, 11) is 0. The Morgan fingerprint density at radius 3 is 2.45 bits per heavy atom. The fourth-order valence-corrected chi connectivity index (χ4v) is 4.08. The minimum absolute atomic E-state index is 0.0468. The third kappa shape index (κ3) is 3.33. The first-order valence-electron chi connectivity index (χ1n) is 7.78. The van der Waals surface area contributed by atoms with Gasteiger partial charge < -0.3 is 15.1 Å². The zero-order valence-corrected chi connectivity index (χ0v) is 13.9. The van der Waals surface area contributed by atoms with Crippen molar-refractivity contribution in [2.24, 2.45) is 0 Å². The molecule has 0 unspecified atom stereocenters. The van der Waals surface area contributed by atoms with Crippen LogP contribution >= 0.6 is 11.3 Å². The highest BCUT2D eigenvalue weighted by molar-refractivity contribution is 7.14. The lowest BCUT2D eigenvalue weighted by Crippen LogP contribution is -2.50. The number of carboxylic acid groups (broad SMARTS) is 1. The average Bonchev–Trinajstić information content (AvgIpc) is 2.90. The van der Waals surface area contributed by atoms with Crippen molar-refractivity contribution in [3.05, 3.63) is 21.4 Å². The third-order valence-electron chi connectivity index (χ3n) is 4.24. The number of thiophene rings is 1. The fourth-order valence-electron chi connectivity index (χ4n) is 2.76. The Bertz CT molecular complexity index is 558. The topological polar surface area (TPSA) is 77.8 Å². The number of carbonyl (C=O) groups is 2. The molecule has 0 atom stereocenters. The van der Waals surface area contributed by atoms with E-state index in [1.165, 1.54) is 10.4 Å². The maximum atomic E-state index is 12.6. The van der Waals surface area contributed by atoms with E-state index in [0.717, 1.165) is 24.1 Å². The molecule has 0 aliphatic carbocycles. The van der Waals surface area contributed by atoms with Crippen molar-refractivity contribution in [3.63, 3.8) is 0 Å². The standard InChI is InChI=1S/C16H23NO4S/c1-3-5-12-11(4-2)10-13(22-12)14(18)17-8-6-16(21,7-9-17)15(19)20/h10,21H,3-9H2,1-2H3,(H,19,20). The van der Waals surface area contributed by atoms with Crippen molar-refractivity contribution in [2.45, 2.75) is 51.6 Å². The molecule has 1 amide bonds. The van der Waals surface area contributed by atoms with Crippen LogP contribution in [0, 0.1) is 0 Å². The molecule has 0 bridgehead atoms. The van der Waals surface area contributed by atoms with Crippen LogP contribution < -0.4 is 0 Å². The zero-order valence-electron chi connectivity index (χ0n) is 13.1. The molecule has 1 aliphatic heterocycles. The maximum Gasteiger partial charge on any atom is 0.335 e. The molecule has 1 aliphatic rings. The molecule has 0 saturated carbocycles. The van der Waals surface area contributed by atoms with Crippen molar-refractivity contribution in [3.8, 4) is 0 Å². The summed E-state index contributed by atoms with van der Waals surface area (Å²) in [6.07, 6.45) is 3.12. The van der Waals surface area contributed by atoms with E-state index in [1.807, 2.05) is 6.07 Å². The van der Waals surface area contributed by atoms with E-state index >= 15 is 0 Å². The second kappa shape index (κ2) is 6.79. The van der Waals surface area contributed by atoms with E-state index in [9.17, 15) is 14.7 Å². The second-order valence-electron chi connectivity index (χ2n) is 5.79. The Kier molecular flexibility index (Phi) is 5.24. The second-order valence-corrected chi connectivity index (χ2v) is 6.93. The summed E-state index contributed by atoms with van der Waals surface area (Å²) in [5.41, 5.74) is -0.456. The molecule has 2 rings (SSSR count). The van der Waals surface area contributed by atoms with E-state index in [-0.39, 0.29) is 31.8 Å².